The molecule has 26 heavy (non-hydrogen) atoms. The second kappa shape index (κ2) is 7.06. The number of hydrogen-bond donors (Lipinski definition) is 0. The standard InChI is InChI=1S/C20H25N3O2S/c1-3-10-23-17(15-7-4-6-14(2)11-15)21-22-19(23)26-13-16-12-20(8-5-9-20)18(24)25-16/h4,6-7,11,16H,3,5,8-10,12-13H2,1-2H3. The summed E-state index contributed by atoms with van der Waals surface area (Å²) >= 11 is 1.65. The number of aromatic nitrogens is 3. The molecule has 2 aromatic rings. The number of esters is 1. The zero-order valence-corrected chi connectivity index (χ0v) is 16.2. The Hall–Kier alpha value is -1.82. The molecule has 2 heterocycles. The first-order valence-corrected chi connectivity index (χ1v) is 10.4. The Morgan fingerprint density at radius 1 is 1.35 bits per heavy atom. The van der Waals surface area contributed by atoms with E-state index in [0.29, 0.717) is 0 Å². The number of carbonyl (C=O) groups is 1. The number of aryl methyl sites for hydroxylation is 1. The predicted octanol–water partition coefficient (Wildman–Crippen LogP) is 4.24. The number of hydrogen-bond acceptors (Lipinski definition) is 5. The molecule has 1 atom stereocenters. The molecule has 138 valence electrons. The lowest BCUT2D eigenvalue weighted by atomic mass is 9.67. The fourth-order valence-electron chi connectivity index (χ4n) is 3.93. The van der Waals surface area contributed by atoms with Crippen molar-refractivity contribution < 1.29 is 9.53 Å². The third-order valence-corrected chi connectivity index (χ3v) is 6.57. The molecule has 0 bridgehead atoms. The van der Waals surface area contributed by atoms with Gasteiger partial charge in [0, 0.05) is 24.3 Å². The Labute approximate surface area is 158 Å². The quantitative estimate of drug-likeness (QED) is 0.561. The summed E-state index contributed by atoms with van der Waals surface area (Å²) in [5, 5.41) is 9.78. The Morgan fingerprint density at radius 3 is 2.85 bits per heavy atom. The summed E-state index contributed by atoms with van der Waals surface area (Å²) in [7, 11) is 0. The second-order valence-electron chi connectivity index (χ2n) is 7.50. The molecule has 1 aromatic carbocycles. The fraction of sp³-hybridized carbons (Fsp3) is 0.550. The minimum absolute atomic E-state index is 0.00185. The van der Waals surface area contributed by atoms with E-state index in [0.717, 1.165) is 60.9 Å². The van der Waals surface area contributed by atoms with Gasteiger partial charge in [-0.2, -0.15) is 0 Å². The van der Waals surface area contributed by atoms with Crippen molar-refractivity contribution in [2.45, 2.75) is 63.8 Å². The van der Waals surface area contributed by atoms with Crippen LogP contribution in [0.2, 0.25) is 0 Å². The summed E-state index contributed by atoms with van der Waals surface area (Å²) in [4.78, 5) is 12.1. The molecule has 1 spiro atoms. The first kappa shape index (κ1) is 17.6. The molecule has 5 nitrogen and oxygen atoms in total. The highest BCUT2D eigenvalue weighted by molar-refractivity contribution is 7.99. The molecule has 2 aliphatic rings. The van der Waals surface area contributed by atoms with E-state index < -0.39 is 0 Å². The van der Waals surface area contributed by atoms with E-state index in [1.165, 1.54) is 5.56 Å². The third-order valence-electron chi connectivity index (χ3n) is 5.47. The van der Waals surface area contributed by atoms with Gasteiger partial charge in [-0.3, -0.25) is 4.79 Å². The lowest BCUT2D eigenvalue weighted by Gasteiger charge is -2.33. The van der Waals surface area contributed by atoms with E-state index in [9.17, 15) is 4.79 Å². The van der Waals surface area contributed by atoms with Crippen molar-refractivity contribution in [1.82, 2.24) is 14.8 Å². The van der Waals surface area contributed by atoms with Crippen molar-refractivity contribution in [1.29, 1.82) is 0 Å². The fourth-order valence-corrected chi connectivity index (χ4v) is 4.88. The topological polar surface area (TPSA) is 57.0 Å². The number of thioether (sulfide) groups is 1. The monoisotopic (exact) mass is 371 g/mol. The van der Waals surface area contributed by atoms with Crippen LogP contribution in [0, 0.1) is 12.3 Å². The van der Waals surface area contributed by atoms with Crippen molar-refractivity contribution in [3.8, 4) is 11.4 Å². The van der Waals surface area contributed by atoms with Crippen molar-refractivity contribution in [2.24, 2.45) is 5.41 Å². The molecule has 1 saturated carbocycles. The first-order chi connectivity index (χ1) is 12.6. The van der Waals surface area contributed by atoms with Crippen molar-refractivity contribution >= 4 is 17.7 Å². The van der Waals surface area contributed by atoms with Gasteiger partial charge in [0.2, 0.25) is 0 Å². The van der Waals surface area contributed by atoms with Crippen LogP contribution in [0.1, 0.15) is 44.6 Å². The van der Waals surface area contributed by atoms with Gasteiger partial charge >= 0.3 is 5.97 Å². The minimum Gasteiger partial charge on any atom is -0.461 e. The largest absolute Gasteiger partial charge is 0.461 e. The molecule has 1 aromatic heterocycles. The summed E-state index contributed by atoms with van der Waals surface area (Å²) in [6, 6.07) is 8.36. The molecule has 1 aliphatic carbocycles. The maximum absolute atomic E-state index is 12.1. The smallest absolute Gasteiger partial charge is 0.312 e. The van der Waals surface area contributed by atoms with Crippen LogP contribution in [0.5, 0.6) is 0 Å². The maximum atomic E-state index is 12.1. The zero-order valence-electron chi connectivity index (χ0n) is 15.4. The predicted molar refractivity (Wildman–Crippen MR) is 102 cm³/mol. The number of ether oxygens (including phenoxy) is 1. The molecular formula is C20H25N3O2S. The highest BCUT2D eigenvalue weighted by atomic mass is 32.2. The third kappa shape index (κ3) is 3.15. The van der Waals surface area contributed by atoms with E-state index in [2.05, 4.69) is 52.9 Å². The van der Waals surface area contributed by atoms with Gasteiger partial charge in [0.15, 0.2) is 11.0 Å². The minimum atomic E-state index is -0.158. The lowest BCUT2D eigenvalue weighted by molar-refractivity contribution is -0.151. The van der Waals surface area contributed by atoms with Crippen molar-refractivity contribution in [3.05, 3.63) is 29.8 Å². The summed E-state index contributed by atoms with van der Waals surface area (Å²) in [6.45, 7) is 5.13. The molecule has 6 heteroatoms. The Morgan fingerprint density at radius 2 is 2.19 bits per heavy atom. The van der Waals surface area contributed by atoms with Crippen LogP contribution in [0.25, 0.3) is 11.4 Å². The van der Waals surface area contributed by atoms with Crippen LogP contribution >= 0.6 is 11.8 Å². The molecule has 1 saturated heterocycles. The SMILES string of the molecule is CCCn1c(SCC2CC3(CCC3)C(=O)O2)nnc1-c1cccc(C)c1. The number of benzene rings is 1. The molecule has 1 unspecified atom stereocenters. The van der Waals surface area contributed by atoms with Crippen LogP contribution in [0.15, 0.2) is 29.4 Å². The van der Waals surface area contributed by atoms with E-state index in [1.54, 1.807) is 11.8 Å². The molecule has 2 fully saturated rings. The van der Waals surface area contributed by atoms with Crippen LogP contribution in [0.3, 0.4) is 0 Å². The highest BCUT2D eigenvalue weighted by Gasteiger charge is 2.52. The van der Waals surface area contributed by atoms with E-state index in [1.807, 2.05) is 0 Å². The molecule has 0 radical (unpaired) electrons. The number of rotatable bonds is 6. The zero-order chi connectivity index (χ0) is 18.1. The van der Waals surface area contributed by atoms with Crippen LogP contribution in [-0.4, -0.2) is 32.6 Å². The summed E-state index contributed by atoms with van der Waals surface area (Å²) < 4.78 is 7.82. The first-order valence-electron chi connectivity index (χ1n) is 9.45. The molecule has 4 rings (SSSR count). The van der Waals surface area contributed by atoms with Crippen LogP contribution < -0.4 is 0 Å². The van der Waals surface area contributed by atoms with Gasteiger partial charge in [-0.25, -0.2) is 0 Å². The average molecular weight is 372 g/mol. The number of carbonyl (C=O) groups excluding carboxylic acids is 1. The molecular weight excluding hydrogens is 346 g/mol. The van der Waals surface area contributed by atoms with Crippen LogP contribution in [-0.2, 0) is 16.1 Å². The summed E-state index contributed by atoms with van der Waals surface area (Å²) in [5.41, 5.74) is 2.15. The number of cyclic esters (lactones) is 1. The van der Waals surface area contributed by atoms with Gasteiger partial charge in [-0.15, -0.1) is 10.2 Å². The van der Waals surface area contributed by atoms with E-state index >= 15 is 0 Å². The summed E-state index contributed by atoms with van der Waals surface area (Å²) in [6.07, 6.45) is 5.03. The Balaban J connectivity index is 1.49. The maximum Gasteiger partial charge on any atom is 0.312 e. The van der Waals surface area contributed by atoms with Crippen molar-refractivity contribution in [3.63, 3.8) is 0 Å². The second-order valence-corrected chi connectivity index (χ2v) is 8.49. The Kier molecular flexibility index (Phi) is 4.78. The van der Waals surface area contributed by atoms with Gasteiger partial charge in [0.1, 0.15) is 6.10 Å². The average Bonchev–Trinajstić information content (AvgIpc) is 3.14. The number of nitrogens with zero attached hydrogens (tertiary/aromatic N) is 3. The Bertz CT molecular complexity index is 813. The van der Waals surface area contributed by atoms with Gasteiger partial charge in [0.25, 0.3) is 0 Å². The van der Waals surface area contributed by atoms with Gasteiger partial charge in [-0.1, -0.05) is 48.9 Å². The van der Waals surface area contributed by atoms with E-state index in [4.69, 9.17) is 4.74 Å². The van der Waals surface area contributed by atoms with E-state index in [-0.39, 0.29) is 17.5 Å². The summed E-state index contributed by atoms with van der Waals surface area (Å²) in [5.74, 6) is 1.69. The van der Waals surface area contributed by atoms with Gasteiger partial charge in [-0.05, 0) is 32.3 Å². The van der Waals surface area contributed by atoms with Gasteiger partial charge < -0.3 is 9.30 Å². The van der Waals surface area contributed by atoms with Crippen LogP contribution in [0.4, 0.5) is 0 Å². The highest BCUT2D eigenvalue weighted by Crippen LogP contribution is 2.50. The van der Waals surface area contributed by atoms with Crippen molar-refractivity contribution in [2.75, 3.05) is 5.75 Å². The lowest BCUT2D eigenvalue weighted by Crippen LogP contribution is -2.33. The molecule has 0 N–H and O–H groups in total. The molecule has 1 aliphatic heterocycles. The van der Waals surface area contributed by atoms with Gasteiger partial charge in [0.05, 0.1) is 5.41 Å². The normalized spacial score (nSPS) is 21.0. The molecule has 0 amide bonds.